The molecule has 0 saturated heterocycles. The van der Waals surface area contributed by atoms with E-state index in [4.69, 9.17) is 16.3 Å². The van der Waals surface area contributed by atoms with Crippen molar-refractivity contribution in [3.63, 3.8) is 0 Å². The number of carbonyl (C=O) groups is 2. The van der Waals surface area contributed by atoms with Gasteiger partial charge in [0.2, 0.25) is 11.8 Å². The molecular formula is C31H38ClN3O5S. The maximum Gasteiger partial charge on any atom is 0.264 e. The van der Waals surface area contributed by atoms with Gasteiger partial charge in [0.15, 0.2) is 0 Å². The van der Waals surface area contributed by atoms with E-state index in [1.807, 2.05) is 52.0 Å². The summed E-state index contributed by atoms with van der Waals surface area (Å²) in [6.45, 7) is 7.80. The number of hydrogen-bond donors (Lipinski definition) is 1. The number of aryl methyl sites for hydroxylation is 1. The fourth-order valence-electron chi connectivity index (χ4n) is 4.37. The van der Waals surface area contributed by atoms with Gasteiger partial charge >= 0.3 is 0 Å². The number of nitrogens with zero attached hydrogens (tertiary/aromatic N) is 2. The van der Waals surface area contributed by atoms with Gasteiger partial charge in [-0.1, -0.05) is 74.8 Å². The molecule has 41 heavy (non-hydrogen) atoms. The highest BCUT2D eigenvalue weighted by Gasteiger charge is 2.34. The van der Waals surface area contributed by atoms with E-state index >= 15 is 0 Å². The SMILES string of the molecule is CC[C@@H](C(=O)NCC(C)C)N(Cc1ccccc1C)C(=O)CN(c1ccc(OC)c(Cl)c1)S(=O)(=O)c1ccccc1. The summed E-state index contributed by atoms with van der Waals surface area (Å²) in [5.41, 5.74) is 2.01. The third kappa shape index (κ3) is 8.01. The lowest BCUT2D eigenvalue weighted by Crippen LogP contribution is -2.52. The van der Waals surface area contributed by atoms with Gasteiger partial charge in [0, 0.05) is 13.1 Å². The van der Waals surface area contributed by atoms with E-state index in [9.17, 15) is 18.0 Å². The number of ether oxygens (including phenoxy) is 1. The lowest BCUT2D eigenvalue weighted by Gasteiger charge is -2.33. The van der Waals surface area contributed by atoms with Gasteiger partial charge in [-0.05, 0) is 60.7 Å². The number of nitrogens with one attached hydrogen (secondary N) is 1. The Morgan fingerprint density at radius 1 is 1.00 bits per heavy atom. The Kier molecular flexibility index (Phi) is 11.2. The first-order valence-corrected chi connectivity index (χ1v) is 15.3. The average molecular weight is 600 g/mol. The first-order valence-electron chi connectivity index (χ1n) is 13.5. The number of sulfonamides is 1. The standard InChI is InChI=1S/C31H38ClN3O5S/c1-6-28(31(37)33-19-22(2)3)34(20-24-13-11-10-12-23(24)4)30(36)21-35(25-16-17-29(40-5)27(32)18-25)41(38,39)26-14-8-7-9-15-26/h7-18,22,28H,6,19-21H2,1-5H3,(H,33,37)/t28-/m0/s1. The van der Waals surface area contributed by atoms with Gasteiger partial charge in [0.1, 0.15) is 18.3 Å². The Bertz CT molecular complexity index is 1450. The predicted molar refractivity (Wildman–Crippen MR) is 163 cm³/mol. The van der Waals surface area contributed by atoms with Gasteiger partial charge in [-0.15, -0.1) is 0 Å². The fourth-order valence-corrected chi connectivity index (χ4v) is 6.05. The minimum atomic E-state index is -4.19. The quantitative estimate of drug-likeness (QED) is 0.283. The molecule has 3 aromatic rings. The molecule has 0 aliphatic heterocycles. The number of anilines is 1. The molecule has 0 bridgehead atoms. The van der Waals surface area contributed by atoms with Crippen molar-refractivity contribution in [2.45, 2.75) is 51.6 Å². The number of hydrogen-bond acceptors (Lipinski definition) is 5. The highest BCUT2D eigenvalue weighted by Crippen LogP contribution is 2.32. The largest absolute Gasteiger partial charge is 0.495 e. The van der Waals surface area contributed by atoms with Gasteiger partial charge in [-0.2, -0.15) is 0 Å². The molecule has 0 aliphatic carbocycles. The molecule has 8 nitrogen and oxygen atoms in total. The summed E-state index contributed by atoms with van der Waals surface area (Å²) in [4.78, 5) is 29.0. The fraction of sp³-hybridized carbons (Fsp3) is 0.355. The molecule has 0 heterocycles. The number of rotatable bonds is 13. The lowest BCUT2D eigenvalue weighted by atomic mass is 10.1. The third-order valence-electron chi connectivity index (χ3n) is 6.71. The van der Waals surface area contributed by atoms with Gasteiger partial charge in [0.25, 0.3) is 10.0 Å². The van der Waals surface area contributed by atoms with Crippen LogP contribution < -0.4 is 14.4 Å². The summed E-state index contributed by atoms with van der Waals surface area (Å²) < 4.78 is 34.1. The van der Waals surface area contributed by atoms with E-state index in [2.05, 4.69) is 5.32 Å². The van der Waals surface area contributed by atoms with Crippen LogP contribution in [-0.2, 0) is 26.2 Å². The molecular weight excluding hydrogens is 562 g/mol. The van der Waals surface area contributed by atoms with E-state index in [-0.39, 0.29) is 34.0 Å². The van der Waals surface area contributed by atoms with Crippen LogP contribution in [0.3, 0.4) is 0 Å². The zero-order chi connectivity index (χ0) is 30.2. The minimum Gasteiger partial charge on any atom is -0.495 e. The van der Waals surface area contributed by atoms with Crippen LogP contribution in [0.1, 0.15) is 38.3 Å². The lowest BCUT2D eigenvalue weighted by molar-refractivity contribution is -0.140. The summed E-state index contributed by atoms with van der Waals surface area (Å²) in [7, 11) is -2.73. The molecule has 2 amide bonds. The Hall–Kier alpha value is -3.56. The van der Waals surface area contributed by atoms with Crippen LogP contribution in [0.25, 0.3) is 0 Å². The van der Waals surface area contributed by atoms with Crippen LogP contribution in [0.2, 0.25) is 5.02 Å². The average Bonchev–Trinajstić information content (AvgIpc) is 2.95. The van der Waals surface area contributed by atoms with Crippen LogP contribution >= 0.6 is 11.6 Å². The number of halogens is 1. The summed E-state index contributed by atoms with van der Waals surface area (Å²) in [5.74, 6) is -0.213. The second-order valence-corrected chi connectivity index (χ2v) is 12.4. The molecule has 0 unspecified atom stereocenters. The van der Waals surface area contributed by atoms with Crippen LogP contribution in [0.4, 0.5) is 5.69 Å². The van der Waals surface area contributed by atoms with Gasteiger partial charge in [-0.25, -0.2) is 8.42 Å². The molecule has 0 aromatic heterocycles. The molecule has 1 N–H and O–H groups in total. The Balaban J connectivity index is 2.08. The first kappa shape index (κ1) is 32.0. The maximum atomic E-state index is 14.2. The molecule has 1 atom stereocenters. The van der Waals surface area contributed by atoms with Crippen LogP contribution in [0.15, 0.2) is 77.7 Å². The topological polar surface area (TPSA) is 96.0 Å². The van der Waals surface area contributed by atoms with Crippen molar-refractivity contribution in [1.29, 1.82) is 0 Å². The zero-order valence-corrected chi connectivity index (χ0v) is 25.7. The van der Waals surface area contributed by atoms with E-state index < -0.39 is 28.5 Å². The summed E-state index contributed by atoms with van der Waals surface area (Å²) in [6.07, 6.45) is 0.349. The van der Waals surface area contributed by atoms with Crippen molar-refractivity contribution < 1.29 is 22.7 Å². The summed E-state index contributed by atoms with van der Waals surface area (Å²) in [6, 6.07) is 19.2. The number of benzene rings is 3. The van der Waals surface area contributed by atoms with Crippen molar-refractivity contribution in [2.24, 2.45) is 5.92 Å². The number of carbonyl (C=O) groups excluding carboxylic acids is 2. The Morgan fingerprint density at radius 2 is 1.66 bits per heavy atom. The van der Waals surface area contributed by atoms with E-state index in [1.54, 1.807) is 24.3 Å². The van der Waals surface area contributed by atoms with E-state index in [1.165, 1.54) is 36.3 Å². The molecule has 0 fully saturated rings. The maximum absolute atomic E-state index is 14.2. The first-order chi connectivity index (χ1) is 19.5. The molecule has 220 valence electrons. The molecule has 0 aliphatic rings. The molecule has 0 spiro atoms. The molecule has 0 saturated carbocycles. The number of methoxy groups -OCH3 is 1. The minimum absolute atomic E-state index is 0.0203. The monoisotopic (exact) mass is 599 g/mol. The molecule has 0 radical (unpaired) electrons. The second kappa shape index (κ2) is 14.4. The third-order valence-corrected chi connectivity index (χ3v) is 8.79. The summed E-state index contributed by atoms with van der Waals surface area (Å²) in [5, 5.41) is 3.13. The van der Waals surface area contributed by atoms with Gasteiger partial charge in [-0.3, -0.25) is 13.9 Å². The van der Waals surface area contributed by atoms with Crippen molar-refractivity contribution in [3.05, 3.63) is 88.9 Å². The van der Waals surface area contributed by atoms with Crippen molar-refractivity contribution >= 4 is 39.1 Å². The highest BCUT2D eigenvalue weighted by atomic mass is 35.5. The van der Waals surface area contributed by atoms with Crippen LogP contribution in [0.5, 0.6) is 5.75 Å². The van der Waals surface area contributed by atoms with E-state index in [0.29, 0.717) is 18.7 Å². The second-order valence-electron chi connectivity index (χ2n) is 10.2. The molecule has 3 rings (SSSR count). The normalized spacial score (nSPS) is 12.1. The number of amides is 2. The van der Waals surface area contributed by atoms with Crippen LogP contribution in [0, 0.1) is 12.8 Å². The summed E-state index contributed by atoms with van der Waals surface area (Å²) >= 11 is 6.37. The van der Waals surface area contributed by atoms with Gasteiger partial charge in [0.05, 0.1) is 22.7 Å². The van der Waals surface area contributed by atoms with Crippen LogP contribution in [-0.4, -0.2) is 51.4 Å². The Morgan fingerprint density at radius 3 is 2.24 bits per heavy atom. The predicted octanol–water partition coefficient (Wildman–Crippen LogP) is 5.43. The molecule has 3 aromatic carbocycles. The molecule has 10 heteroatoms. The zero-order valence-electron chi connectivity index (χ0n) is 24.1. The van der Waals surface area contributed by atoms with Gasteiger partial charge < -0.3 is 15.0 Å². The van der Waals surface area contributed by atoms with Crippen molar-refractivity contribution in [2.75, 3.05) is 24.5 Å². The van der Waals surface area contributed by atoms with E-state index in [0.717, 1.165) is 15.4 Å². The highest BCUT2D eigenvalue weighted by molar-refractivity contribution is 7.92. The Labute approximate surface area is 248 Å². The van der Waals surface area contributed by atoms with Crippen molar-refractivity contribution in [1.82, 2.24) is 10.2 Å². The smallest absolute Gasteiger partial charge is 0.264 e. The van der Waals surface area contributed by atoms with Crippen molar-refractivity contribution in [3.8, 4) is 5.75 Å².